The number of rotatable bonds is 5. The minimum atomic E-state index is -0.605. The van der Waals surface area contributed by atoms with Crippen LogP contribution in [0, 0.1) is 5.92 Å². The molecule has 8 nitrogen and oxygen atoms in total. The zero-order valence-electron chi connectivity index (χ0n) is 16.3. The van der Waals surface area contributed by atoms with Crippen LogP contribution in [-0.4, -0.2) is 48.5 Å². The average Bonchev–Trinajstić information content (AvgIpc) is 3.19. The fourth-order valence-electron chi connectivity index (χ4n) is 3.72. The van der Waals surface area contributed by atoms with Crippen molar-refractivity contribution in [1.82, 2.24) is 24.4 Å². The van der Waals surface area contributed by atoms with E-state index in [1.165, 1.54) is 0 Å². The summed E-state index contributed by atoms with van der Waals surface area (Å²) < 4.78 is 1.85. The highest BCUT2D eigenvalue weighted by Gasteiger charge is 2.30. The molecule has 0 aliphatic carbocycles. The Labute approximate surface area is 169 Å². The quantitative estimate of drug-likeness (QED) is 0.693. The van der Waals surface area contributed by atoms with Gasteiger partial charge in [0.05, 0.1) is 6.20 Å². The maximum absolute atomic E-state index is 13.0. The molecule has 1 fully saturated rings. The average molecular weight is 392 g/mol. The monoisotopic (exact) mass is 392 g/mol. The second-order valence-corrected chi connectivity index (χ2v) is 7.27. The molecule has 150 valence electrons. The van der Waals surface area contributed by atoms with Gasteiger partial charge in [-0.15, -0.1) is 0 Å². The van der Waals surface area contributed by atoms with E-state index in [-0.39, 0.29) is 11.8 Å². The summed E-state index contributed by atoms with van der Waals surface area (Å²) in [6.07, 6.45) is 9.27. The lowest BCUT2D eigenvalue weighted by Gasteiger charge is -2.34. The molecule has 2 N–H and O–H groups in total. The van der Waals surface area contributed by atoms with Gasteiger partial charge in [-0.05, 0) is 37.0 Å². The van der Waals surface area contributed by atoms with Gasteiger partial charge < -0.3 is 19.9 Å². The number of aliphatic hydroxyl groups excluding tert-OH is 1. The van der Waals surface area contributed by atoms with Crippen LogP contribution in [0.1, 0.15) is 35.1 Å². The third-order valence-corrected chi connectivity index (χ3v) is 5.34. The smallest absolute Gasteiger partial charge is 0.253 e. The van der Waals surface area contributed by atoms with Crippen molar-refractivity contribution < 1.29 is 9.90 Å². The summed E-state index contributed by atoms with van der Waals surface area (Å²) in [4.78, 5) is 27.3. The molecule has 3 heterocycles. The third kappa shape index (κ3) is 4.27. The maximum Gasteiger partial charge on any atom is 0.253 e. The van der Waals surface area contributed by atoms with Crippen LogP contribution < -0.4 is 5.32 Å². The molecule has 1 aliphatic heterocycles. The predicted octanol–water partition coefficient (Wildman–Crippen LogP) is 2.54. The van der Waals surface area contributed by atoms with Crippen molar-refractivity contribution in [2.45, 2.75) is 18.9 Å². The molecule has 0 bridgehead atoms. The van der Waals surface area contributed by atoms with E-state index in [1.54, 1.807) is 24.8 Å². The molecule has 29 heavy (non-hydrogen) atoms. The van der Waals surface area contributed by atoms with Crippen LogP contribution in [0.25, 0.3) is 0 Å². The summed E-state index contributed by atoms with van der Waals surface area (Å²) >= 11 is 0. The van der Waals surface area contributed by atoms with Crippen molar-refractivity contribution in [3.8, 4) is 0 Å². The van der Waals surface area contributed by atoms with Gasteiger partial charge in [0.2, 0.25) is 0 Å². The Kier molecular flexibility index (Phi) is 5.53. The van der Waals surface area contributed by atoms with Gasteiger partial charge in [0.15, 0.2) is 0 Å². The number of nitrogens with one attached hydrogen (secondary N) is 1. The van der Waals surface area contributed by atoms with Crippen LogP contribution in [0.5, 0.6) is 0 Å². The lowest BCUT2D eigenvalue weighted by Crippen LogP contribution is -2.40. The van der Waals surface area contributed by atoms with Crippen molar-refractivity contribution >= 4 is 17.4 Å². The Balaban J connectivity index is 1.38. The van der Waals surface area contributed by atoms with Crippen LogP contribution >= 0.6 is 0 Å². The molecule has 0 saturated carbocycles. The number of hydrogen-bond acceptors (Lipinski definition) is 6. The number of aromatic nitrogens is 4. The number of aliphatic hydroxyl groups is 1. The van der Waals surface area contributed by atoms with E-state index in [9.17, 15) is 9.90 Å². The molecule has 0 unspecified atom stereocenters. The molecular formula is C21H24N6O2. The number of imidazole rings is 1. The predicted molar refractivity (Wildman–Crippen MR) is 109 cm³/mol. The summed E-state index contributed by atoms with van der Waals surface area (Å²) in [5.41, 5.74) is 1.42. The highest BCUT2D eigenvalue weighted by atomic mass is 16.3. The Morgan fingerprint density at radius 1 is 1.21 bits per heavy atom. The Morgan fingerprint density at radius 2 is 2.03 bits per heavy atom. The summed E-state index contributed by atoms with van der Waals surface area (Å²) in [5, 5.41) is 13.8. The Hall–Kier alpha value is -3.26. The van der Waals surface area contributed by atoms with Crippen molar-refractivity contribution in [3.05, 3.63) is 66.6 Å². The van der Waals surface area contributed by atoms with Gasteiger partial charge in [0.1, 0.15) is 17.7 Å². The molecule has 0 radical (unpaired) electrons. The van der Waals surface area contributed by atoms with Gasteiger partial charge in [-0.3, -0.25) is 9.78 Å². The maximum atomic E-state index is 13.0. The highest BCUT2D eigenvalue weighted by Crippen LogP contribution is 2.30. The number of benzene rings is 1. The van der Waals surface area contributed by atoms with Crippen LogP contribution in [0.3, 0.4) is 0 Å². The van der Waals surface area contributed by atoms with E-state index in [0.29, 0.717) is 30.3 Å². The summed E-state index contributed by atoms with van der Waals surface area (Å²) in [7, 11) is 1.88. The number of piperidine rings is 1. The van der Waals surface area contributed by atoms with Crippen molar-refractivity contribution in [3.63, 3.8) is 0 Å². The first-order valence-corrected chi connectivity index (χ1v) is 9.69. The largest absolute Gasteiger partial charge is 0.385 e. The molecule has 8 heteroatoms. The second-order valence-electron chi connectivity index (χ2n) is 7.27. The number of carbonyl (C=O) groups excluding carboxylic acids is 1. The van der Waals surface area contributed by atoms with Gasteiger partial charge in [0.25, 0.3) is 5.91 Å². The Bertz CT molecular complexity index is 966. The van der Waals surface area contributed by atoms with Crippen LogP contribution in [0.2, 0.25) is 0 Å². The number of carbonyl (C=O) groups is 1. The molecule has 1 saturated heterocycles. The van der Waals surface area contributed by atoms with Gasteiger partial charge in [-0.25, -0.2) is 9.97 Å². The molecule has 2 aromatic heterocycles. The number of amides is 1. The Morgan fingerprint density at radius 3 is 2.72 bits per heavy atom. The van der Waals surface area contributed by atoms with Gasteiger partial charge in [0, 0.05) is 56.2 Å². The second kappa shape index (κ2) is 8.40. The van der Waals surface area contributed by atoms with E-state index in [0.717, 1.165) is 18.5 Å². The fraction of sp³-hybridized carbons (Fsp3) is 0.333. The minimum Gasteiger partial charge on any atom is -0.385 e. The van der Waals surface area contributed by atoms with Gasteiger partial charge in [-0.2, -0.15) is 0 Å². The summed E-state index contributed by atoms with van der Waals surface area (Å²) in [5.74, 6) is 1.40. The van der Waals surface area contributed by atoms with Crippen molar-refractivity contribution in [1.29, 1.82) is 0 Å². The van der Waals surface area contributed by atoms with E-state index < -0.39 is 6.10 Å². The first-order valence-electron chi connectivity index (χ1n) is 9.69. The normalized spacial score (nSPS) is 15.9. The summed E-state index contributed by atoms with van der Waals surface area (Å²) in [6.45, 7) is 1.24. The lowest BCUT2D eigenvalue weighted by molar-refractivity contribution is 0.0420. The summed E-state index contributed by atoms with van der Waals surface area (Å²) in [6, 6.07) is 7.38. The molecule has 3 aromatic rings. The fourth-order valence-corrected chi connectivity index (χ4v) is 3.72. The first-order chi connectivity index (χ1) is 14.1. The van der Waals surface area contributed by atoms with E-state index in [2.05, 4.69) is 20.3 Å². The zero-order valence-corrected chi connectivity index (χ0v) is 16.3. The number of nitrogens with zero attached hydrogens (tertiary/aromatic N) is 5. The standard InChI is InChI=1S/C21H24N6O2/c1-26-12-9-24-20(26)19(28)15-5-10-27(11-6-15)21(29)16-3-2-4-17(13-16)25-18-14-22-7-8-23-18/h2-4,7-9,12-15,19,28H,5-6,10-11H2,1H3,(H,23,25)/t19-/m0/s1. The molecule has 1 amide bonds. The first kappa shape index (κ1) is 19.1. The molecule has 1 aromatic carbocycles. The SMILES string of the molecule is Cn1ccnc1[C@@H](O)C1CCN(C(=O)c2cccc(Nc3cnccn3)c2)CC1. The molecular weight excluding hydrogens is 368 g/mol. The molecule has 4 rings (SSSR count). The number of likely N-dealkylation sites (tertiary alicyclic amines) is 1. The molecule has 1 atom stereocenters. The minimum absolute atomic E-state index is 0.00210. The topological polar surface area (TPSA) is 96.2 Å². The van der Waals surface area contributed by atoms with Crippen molar-refractivity contribution in [2.75, 3.05) is 18.4 Å². The highest BCUT2D eigenvalue weighted by molar-refractivity contribution is 5.95. The zero-order chi connectivity index (χ0) is 20.2. The molecule has 1 aliphatic rings. The van der Waals surface area contributed by atoms with E-state index in [4.69, 9.17) is 0 Å². The number of anilines is 2. The third-order valence-electron chi connectivity index (χ3n) is 5.34. The molecule has 0 spiro atoms. The number of aryl methyl sites for hydroxylation is 1. The van der Waals surface area contributed by atoms with Crippen LogP contribution in [0.4, 0.5) is 11.5 Å². The number of hydrogen-bond donors (Lipinski definition) is 2. The lowest BCUT2D eigenvalue weighted by atomic mass is 9.90. The van der Waals surface area contributed by atoms with E-state index in [1.807, 2.05) is 47.0 Å². The van der Waals surface area contributed by atoms with Crippen molar-refractivity contribution in [2.24, 2.45) is 13.0 Å². The van der Waals surface area contributed by atoms with E-state index >= 15 is 0 Å². The van der Waals surface area contributed by atoms with Gasteiger partial charge >= 0.3 is 0 Å². The van der Waals surface area contributed by atoms with Gasteiger partial charge in [-0.1, -0.05) is 6.07 Å². The van der Waals surface area contributed by atoms with Crippen LogP contribution in [-0.2, 0) is 7.05 Å². The van der Waals surface area contributed by atoms with Crippen LogP contribution in [0.15, 0.2) is 55.2 Å².